The van der Waals surface area contributed by atoms with Gasteiger partial charge in [0.2, 0.25) is 0 Å². The fraction of sp³-hybridized carbons (Fsp3) is 0.800. The Hall–Kier alpha value is -0.650. The van der Waals surface area contributed by atoms with Gasteiger partial charge in [0.1, 0.15) is 0 Å². The molecule has 1 atom stereocenters. The maximum absolute atomic E-state index is 5.61. The summed E-state index contributed by atoms with van der Waals surface area (Å²) in [6.07, 6.45) is 3.77. The van der Waals surface area contributed by atoms with Crippen molar-refractivity contribution in [2.24, 2.45) is 0 Å². The summed E-state index contributed by atoms with van der Waals surface area (Å²) in [6.45, 7) is 9.05. The maximum Gasteiger partial charge on any atom is 0.186 e. The van der Waals surface area contributed by atoms with E-state index in [2.05, 4.69) is 24.1 Å². The van der Waals surface area contributed by atoms with E-state index in [0.717, 1.165) is 45.2 Å². The Balaban J connectivity index is 1.81. The first-order valence-electron chi connectivity index (χ1n) is 7.88. The van der Waals surface area contributed by atoms with Crippen LogP contribution in [0.3, 0.4) is 0 Å². The lowest BCUT2D eigenvalue weighted by Gasteiger charge is -2.34. The second-order valence-corrected chi connectivity index (χ2v) is 6.75. The third-order valence-corrected chi connectivity index (χ3v) is 5.27. The van der Waals surface area contributed by atoms with Crippen LogP contribution in [-0.4, -0.2) is 37.3 Å². The summed E-state index contributed by atoms with van der Waals surface area (Å²) in [5.74, 6) is 0.731. The fourth-order valence-corrected chi connectivity index (χ4v) is 3.97. The number of nitrogens with zero attached hydrogens (tertiary/aromatic N) is 2. The van der Waals surface area contributed by atoms with Crippen molar-refractivity contribution < 1.29 is 4.74 Å². The quantitative estimate of drug-likeness (QED) is 0.875. The van der Waals surface area contributed by atoms with E-state index in [0.29, 0.717) is 6.04 Å². The normalized spacial score (nSPS) is 23.3. The minimum Gasteiger partial charge on any atom is -0.377 e. The molecule has 2 heterocycles. The molecule has 0 radical (unpaired) electrons. The van der Waals surface area contributed by atoms with Crippen molar-refractivity contribution in [3.63, 3.8) is 0 Å². The van der Waals surface area contributed by atoms with E-state index in [1.807, 2.05) is 11.3 Å². The van der Waals surface area contributed by atoms with Gasteiger partial charge in [-0.3, -0.25) is 0 Å². The predicted molar refractivity (Wildman–Crippen MR) is 83.7 cm³/mol. The molecule has 1 saturated heterocycles. The van der Waals surface area contributed by atoms with E-state index in [1.165, 1.54) is 28.5 Å². The van der Waals surface area contributed by atoms with Gasteiger partial charge in [-0.15, -0.1) is 11.3 Å². The number of anilines is 1. The highest BCUT2D eigenvalue weighted by Gasteiger charge is 2.32. The molecule has 1 saturated carbocycles. The first-order chi connectivity index (χ1) is 9.83. The van der Waals surface area contributed by atoms with Crippen LogP contribution in [0.1, 0.15) is 49.6 Å². The SMILES string of the molecule is CCNCc1sc(N2CCOCC2CC)nc1C1CC1. The van der Waals surface area contributed by atoms with E-state index in [9.17, 15) is 0 Å². The minimum atomic E-state index is 0.494. The standard InChI is InChI=1S/C15H25N3OS/c1-3-12-10-19-8-7-18(12)15-17-14(11-5-6-11)13(20-15)9-16-4-2/h11-12,16H,3-10H2,1-2H3. The average Bonchev–Trinajstić information content (AvgIpc) is 3.25. The fourth-order valence-electron chi connectivity index (χ4n) is 2.76. The molecule has 0 aromatic carbocycles. The van der Waals surface area contributed by atoms with Crippen LogP contribution >= 0.6 is 11.3 Å². The zero-order valence-electron chi connectivity index (χ0n) is 12.5. The highest BCUT2D eigenvalue weighted by Crippen LogP contribution is 2.44. The Kier molecular flexibility index (Phi) is 4.58. The van der Waals surface area contributed by atoms with Crippen LogP contribution in [-0.2, 0) is 11.3 Å². The molecule has 20 heavy (non-hydrogen) atoms. The first kappa shape index (κ1) is 14.3. The third kappa shape index (κ3) is 3.00. The molecule has 0 spiro atoms. The van der Waals surface area contributed by atoms with E-state index in [-0.39, 0.29) is 0 Å². The molecule has 5 heteroatoms. The highest BCUT2D eigenvalue weighted by atomic mass is 32.1. The summed E-state index contributed by atoms with van der Waals surface area (Å²) in [7, 11) is 0. The molecule has 0 bridgehead atoms. The predicted octanol–water partition coefficient (Wildman–Crippen LogP) is 2.75. The highest BCUT2D eigenvalue weighted by molar-refractivity contribution is 7.15. The van der Waals surface area contributed by atoms with Gasteiger partial charge in [0, 0.05) is 23.9 Å². The lowest BCUT2D eigenvalue weighted by atomic mass is 10.2. The topological polar surface area (TPSA) is 37.4 Å². The third-order valence-electron chi connectivity index (χ3n) is 4.16. The van der Waals surface area contributed by atoms with Crippen LogP contribution in [0.5, 0.6) is 0 Å². The molecule has 2 fully saturated rings. The molecular formula is C15H25N3OS. The van der Waals surface area contributed by atoms with Crippen LogP contribution in [0.25, 0.3) is 0 Å². The second-order valence-electron chi connectivity index (χ2n) is 5.69. The van der Waals surface area contributed by atoms with Gasteiger partial charge in [0.25, 0.3) is 0 Å². The molecule has 1 aromatic rings. The summed E-state index contributed by atoms with van der Waals surface area (Å²) in [5.41, 5.74) is 1.37. The van der Waals surface area contributed by atoms with Crippen LogP contribution < -0.4 is 10.2 Å². The zero-order chi connectivity index (χ0) is 13.9. The van der Waals surface area contributed by atoms with Crippen molar-refractivity contribution in [1.82, 2.24) is 10.3 Å². The van der Waals surface area contributed by atoms with Crippen LogP contribution in [0.2, 0.25) is 0 Å². The maximum atomic E-state index is 5.61. The minimum absolute atomic E-state index is 0.494. The van der Waals surface area contributed by atoms with Gasteiger partial charge in [0.05, 0.1) is 24.9 Å². The summed E-state index contributed by atoms with van der Waals surface area (Å²) < 4.78 is 5.61. The number of ether oxygens (including phenoxy) is 1. The number of nitrogens with one attached hydrogen (secondary N) is 1. The molecule has 3 rings (SSSR count). The number of rotatable bonds is 6. The van der Waals surface area contributed by atoms with Gasteiger partial charge in [0.15, 0.2) is 5.13 Å². The number of hydrogen-bond donors (Lipinski definition) is 1. The second kappa shape index (κ2) is 6.41. The van der Waals surface area contributed by atoms with E-state index in [4.69, 9.17) is 9.72 Å². The van der Waals surface area contributed by atoms with Gasteiger partial charge in [-0.2, -0.15) is 0 Å². The number of hydrogen-bond acceptors (Lipinski definition) is 5. The molecule has 1 aliphatic heterocycles. The number of thiazole rings is 1. The first-order valence-corrected chi connectivity index (χ1v) is 8.69. The van der Waals surface area contributed by atoms with Gasteiger partial charge in [-0.05, 0) is 25.8 Å². The molecule has 0 amide bonds. The molecule has 1 N–H and O–H groups in total. The summed E-state index contributed by atoms with van der Waals surface area (Å²) >= 11 is 1.89. The Morgan fingerprint density at radius 3 is 2.95 bits per heavy atom. The molecule has 1 aliphatic carbocycles. The van der Waals surface area contributed by atoms with Gasteiger partial charge in [-0.25, -0.2) is 4.98 Å². The van der Waals surface area contributed by atoms with Crippen LogP contribution in [0.15, 0.2) is 0 Å². The Bertz CT molecular complexity index is 444. The van der Waals surface area contributed by atoms with Crippen molar-refractivity contribution in [3.05, 3.63) is 10.6 Å². The molecule has 2 aliphatic rings. The van der Waals surface area contributed by atoms with Gasteiger partial charge in [-0.1, -0.05) is 13.8 Å². The van der Waals surface area contributed by atoms with E-state index in [1.54, 1.807) is 0 Å². The van der Waals surface area contributed by atoms with Gasteiger partial charge < -0.3 is 15.0 Å². The molecule has 4 nitrogen and oxygen atoms in total. The Labute approximate surface area is 125 Å². The van der Waals surface area contributed by atoms with E-state index < -0.39 is 0 Å². The molecule has 1 unspecified atom stereocenters. The average molecular weight is 295 g/mol. The lowest BCUT2D eigenvalue weighted by Crippen LogP contribution is -2.45. The van der Waals surface area contributed by atoms with Crippen molar-refractivity contribution >= 4 is 16.5 Å². The van der Waals surface area contributed by atoms with Gasteiger partial charge >= 0.3 is 0 Å². The van der Waals surface area contributed by atoms with Crippen molar-refractivity contribution in [2.45, 2.75) is 51.6 Å². The van der Waals surface area contributed by atoms with Crippen LogP contribution in [0, 0.1) is 0 Å². The van der Waals surface area contributed by atoms with Crippen molar-refractivity contribution in [2.75, 3.05) is 31.2 Å². The zero-order valence-corrected chi connectivity index (χ0v) is 13.3. The monoisotopic (exact) mass is 295 g/mol. The Morgan fingerprint density at radius 1 is 1.40 bits per heavy atom. The summed E-state index contributed by atoms with van der Waals surface area (Å²) in [5, 5.41) is 4.67. The van der Waals surface area contributed by atoms with Crippen LogP contribution in [0.4, 0.5) is 5.13 Å². The largest absolute Gasteiger partial charge is 0.377 e. The smallest absolute Gasteiger partial charge is 0.186 e. The molecular weight excluding hydrogens is 270 g/mol. The van der Waals surface area contributed by atoms with E-state index >= 15 is 0 Å². The summed E-state index contributed by atoms with van der Waals surface area (Å²) in [6, 6.07) is 0.494. The molecule has 1 aromatic heterocycles. The molecule has 112 valence electrons. The number of aromatic nitrogens is 1. The lowest BCUT2D eigenvalue weighted by molar-refractivity contribution is 0.0929. The van der Waals surface area contributed by atoms with Crippen molar-refractivity contribution in [1.29, 1.82) is 0 Å². The number of morpholine rings is 1. The summed E-state index contributed by atoms with van der Waals surface area (Å²) in [4.78, 5) is 8.91. The van der Waals surface area contributed by atoms with Crippen molar-refractivity contribution in [3.8, 4) is 0 Å². The Morgan fingerprint density at radius 2 is 2.25 bits per heavy atom.